The van der Waals surface area contributed by atoms with Gasteiger partial charge < -0.3 is 15.5 Å². The van der Waals surface area contributed by atoms with Gasteiger partial charge in [0.1, 0.15) is 11.6 Å². The third kappa shape index (κ3) is 4.64. The first-order valence-electron chi connectivity index (χ1n) is 11.5. The Labute approximate surface area is 198 Å². The molecule has 0 aliphatic carbocycles. The molecule has 0 atom stereocenters. The molecule has 1 saturated heterocycles. The van der Waals surface area contributed by atoms with E-state index < -0.39 is 5.82 Å². The number of aromatic nitrogens is 3. The topological polar surface area (TPSA) is 86.3 Å². The molecule has 2 amide bonds. The van der Waals surface area contributed by atoms with Crippen molar-refractivity contribution in [3.63, 3.8) is 0 Å². The SMILES string of the molecule is CC1(C)CCN(c2cc(-c3ccc4c(n3)N(C(=O)Nc3cncc(F)c3)CCCN4)ccn2)C1. The number of fused-ring (bicyclic) bond motifs is 1. The molecule has 0 spiro atoms. The molecule has 34 heavy (non-hydrogen) atoms. The second-order valence-electron chi connectivity index (χ2n) is 9.56. The van der Waals surface area contributed by atoms with Crippen LogP contribution in [0.25, 0.3) is 11.3 Å². The normalized spacial score (nSPS) is 17.0. The first-order valence-corrected chi connectivity index (χ1v) is 11.5. The summed E-state index contributed by atoms with van der Waals surface area (Å²) in [5, 5.41) is 6.08. The lowest BCUT2D eigenvalue weighted by Gasteiger charge is -2.23. The Bertz CT molecular complexity index is 1220. The number of urea groups is 1. The van der Waals surface area contributed by atoms with Crippen LogP contribution in [0.15, 0.2) is 48.9 Å². The number of hydrogen-bond donors (Lipinski definition) is 2. The number of nitrogens with one attached hydrogen (secondary N) is 2. The monoisotopic (exact) mass is 461 g/mol. The highest BCUT2D eigenvalue weighted by molar-refractivity contribution is 6.03. The van der Waals surface area contributed by atoms with Crippen LogP contribution in [0, 0.1) is 11.2 Å². The van der Waals surface area contributed by atoms with Gasteiger partial charge in [0.15, 0.2) is 5.82 Å². The molecule has 5 heterocycles. The fourth-order valence-electron chi connectivity index (χ4n) is 4.45. The summed E-state index contributed by atoms with van der Waals surface area (Å²) >= 11 is 0. The minimum atomic E-state index is -0.508. The first kappa shape index (κ1) is 22.1. The van der Waals surface area contributed by atoms with Gasteiger partial charge in [0.25, 0.3) is 0 Å². The Morgan fingerprint density at radius 1 is 1.18 bits per heavy atom. The van der Waals surface area contributed by atoms with Gasteiger partial charge in [0.2, 0.25) is 0 Å². The van der Waals surface area contributed by atoms with E-state index >= 15 is 0 Å². The minimum absolute atomic E-state index is 0.275. The van der Waals surface area contributed by atoms with Crippen LogP contribution in [-0.2, 0) is 0 Å². The molecular weight excluding hydrogens is 433 g/mol. The molecule has 2 N–H and O–H groups in total. The number of pyridine rings is 3. The number of carbonyl (C=O) groups excluding carboxylic acids is 1. The standard InChI is InChI=1S/C25H28FN7O/c1-25(2)7-11-32(16-25)22-12-17(6-9-29-22)20-4-5-21-23(31-20)33(10-3-8-28-21)24(34)30-19-13-18(26)14-27-15-19/h4-6,9,12-15,28H,3,7-8,10-11,16H2,1-2H3,(H,30,34). The zero-order valence-corrected chi connectivity index (χ0v) is 19.4. The summed E-state index contributed by atoms with van der Waals surface area (Å²) in [5.41, 5.74) is 3.05. The zero-order valence-electron chi connectivity index (χ0n) is 19.4. The lowest BCUT2D eigenvalue weighted by atomic mass is 9.93. The summed E-state index contributed by atoms with van der Waals surface area (Å²) < 4.78 is 13.5. The Hall–Kier alpha value is -3.75. The Balaban J connectivity index is 1.44. The van der Waals surface area contributed by atoms with Crippen molar-refractivity contribution in [2.24, 2.45) is 5.41 Å². The Morgan fingerprint density at radius 3 is 2.85 bits per heavy atom. The average molecular weight is 462 g/mol. The van der Waals surface area contributed by atoms with Crippen LogP contribution in [-0.4, -0.2) is 47.2 Å². The fourth-order valence-corrected chi connectivity index (χ4v) is 4.45. The highest BCUT2D eigenvalue weighted by Gasteiger charge is 2.30. The fraction of sp³-hybridized carbons (Fsp3) is 0.360. The molecule has 3 aromatic heterocycles. The van der Waals surface area contributed by atoms with Crippen molar-refractivity contribution in [3.05, 3.63) is 54.7 Å². The lowest BCUT2D eigenvalue weighted by molar-refractivity contribution is 0.257. The highest BCUT2D eigenvalue weighted by atomic mass is 19.1. The van der Waals surface area contributed by atoms with Crippen molar-refractivity contribution in [3.8, 4) is 11.3 Å². The number of anilines is 4. The molecule has 3 aromatic rings. The van der Waals surface area contributed by atoms with E-state index in [2.05, 4.69) is 45.4 Å². The van der Waals surface area contributed by atoms with Gasteiger partial charge in [0.05, 0.1) is 29.5 Å². The van der Waals surface area contributed by atoms with Crippen molar-refractivity contribution in [1.82, 2.24) is 15.0 Å². The van der Waals surface area contributed by atoms with Crippen LogP contribution in [0.2, 0.25) is 0 Å². The van der Waals surface area contributed by atoms with Gasteiger partial charge in [-0.05, 0) is 42.5 Å². The summed E-state index contributed by atoms with van der Waals surface area (Å²) in [7, 11) is 0. The maximum atomic E-state index is 13.5. The minimum Gasteiger partial charge on any atom is -0.382 e. The molecule has 1 fully saturated rings. The molecule has 0 saturated carbocycles. The van der Waals surface area contributed by atoms with E-state index in [1.54, 1.807) is 4.90 Å². The number of amides is 2. The van der Waals surface area contributed by atoms with Crippen LogP contribution < -0.4 is 20.4 Å². The molecule has 2 aliphatic rings. The van der Waals surface area contributed by atoms with Gasteiger partial charge in [-0.15, -0.1) is 0 Å². The van der Waals surface area contributed by atoms with E-state index in [1.165, 1.54) is 12.3 Å². The molecule has 2 aliphatic heterocycles. The smallest absolute Gasteiger partial charge is 0.327 e. The average Bonchev–Trinajstić information content (AvgIpc) is 3.05. The number of rotatable bonds is 3. The molecule has 176 valence electrons. The third-order valence-electron chi connectivity index (χ3n) is 6.25. The van der Waals surface area contributed by atoms with E-state index in [1.807, 2.05) is 24.4 Å². The molecule has 8 nitrogen and oxygen atoms in total. The third-order valence-corrected chi connectivity index (χ3v) is 6.25. The Morgan fingerprint density at radius 2 is 2.06 bits per heavy atom. The summed E-state index contributed by atoms with van der Waals surface area (Å²) in [6, 6.07) is 8.76. The molecule has 0 unspecified atom stereocenters. The molecule has 9 heteroatoms. The largest absolute Gasteiger partial charge is 0.382 e. The number of halogens is 1. The second kappa shape index (κ2) is 8.89. The summed E-state index contributed by atoms with van der Waals surface area (Å²) in [6.07, 6.45) is 6.21. The number of carbonyl (C=O) groups is 1. The first-order chi connectivity index (χ1) is 16.4. The summed E-state index contributed by atoms with van der Waals surface area (Å²) in [4.78, 5) is 30.3. The summed E-state index contributed by atoms with van der Waals surface area (Å²) in [6.45, 7) is 7.70. The maximum Gasteiger partial charge on any atom is 0.327 e. The molecule has 0 aromatic carbocycles. The van der Waals surface area contributed by atoms with E-state index in [0.717, 1.165) is 61.4 Å². The van der Waals surface area contributed by atoms with Crippen LogP contribution >= 0.6 is 0 Å². The molecule has 0 radical (unpaired) electrons. The van der Waals surface area contributed by atoms with Crippen molar-refractivity contribution in [2.45, 2.75) is 26.7 Å². The predicted octanol–water partition coefficient (Wildman–Crippen LogP) is 4.77. The molecule has 5 rings (SSSR count). The van der Waals surface area contributed by atoms with Gasteiger partial charge in [0, 0.05) is 44.0 Å². The van der Waals surface area contributed by atoms with Crippen molar-refractivity contribution in [1.29, 1.82) is 0 Å². The quantitative estimate of drug-likeness (QED) is 0.585. The van der Waals surface area contributed by atoms with Gasteiger partial charge in [-0.1, -0.05) is 13.8 Å². The van der Waals surface area contributed by atoms with E-state index in [4.69, 9.17) is 4.98 Å². The number of hydrogen-bond acceptors (Lipinski definition) is 6. The van der Waals surface area contributed by atoms with Gasteiger partial charge in [-0.2, -0.15) is 0 Å². The second-order valence-corrected chi connectivity index (χ2v) is 9.56. The highest BCUT2D eigenvalue weighted by Crippen LogP contribution is 2.34. The maximum absolute atomic E-state index is 13.5. The zero-order chi connectivity index (χ0) is 23.7. The van der Waals surface area contributed by atoms with Crippen LogP contribution in [0.5, 0.6) is 0 Å². The van der Waals surface area contributed by atoms with Crippen molar-refractivity contribution < 1.29 is 9.18 Å². The van der Waals surface area contributed by atoms with Crippen molar-refractivity contribution >= 4 is 29.0 Å². The molecule has 0 bridgehead atoms. The van der Waals surface area contributed by atoms with E-state index in [-0.39, 0.29) is 11.4 Å². The van der Waals surface area contributed by atoms with Gasteiger partial charge in [-0.25, -0.2) is 19.2 Å². The van der Waals surface area contributed by atoms with Crippen LogP contribution in [0.1, 0.15) is 26.7 Å². The van der Waals surface area contributed by atoms with E-state index in [0.29, 0.717) is 18.1 Å². The number of nitrogens with zero attached hydrogens (tertiary/aromatic N) is 5. The van der Waals surface area contributed by atoms with Crippen LogP contribution in [0.3, 0.4) is 0 Å². The molecular formula is C25H28FN7O. The van der Waals surface area contributed by atoms with Crippen LogP contribution in [0.4, 0.5) is 32.2 Å². The lowest BCUT2D eigenvalue weighted by Crippen LogP contribution is -2.36. The Kier molecular flexibility index (Phi) is 5.77. The van der Waals surface area contributed by atoms with E-state index in [9.17, 15) is 9.18 Å². The predicted molar refractivity (Wildman–Crippen MR) is 132 cm³/mol. The van der Waals surface area contributed by atoms with Crippen molar-refractivity contribution in [2.75, 3.05) is 46.6 Å². The van der Waals surface area contributed by atoms with Gasteiger partial charge in [-0.3, -0.25) is 9.88 Å². The summed E-state index contributed by atoms with van der Waals surface area (Å²) in [5.74, 6) is 0.967. The van der Waals surface area contributed by atoms with Gasteiger partial charge >= 0.3 is 6.03 Å².